The zero-order valence-corrected chi connectivity index (χ0v) is 8.24. The molecule has 0 aliphatic rings. The highest BCUT2D eigenvalue weighted by atomic mass is 16.3. The Morgan fingerprint density at radius 1 is 1.79 bits per heavy atom. The fraction of sp³-hybridized carbons (Fsp3) is 0.625. The Kier molecular flexibility index (Phi) is 3.19. The fourth-order valence-electron chi connectivity index (χ4n) is 0.889. The average Bonchev–Trinajstić information content (AvgIpc) is 2.70. The van der Waals surface area contributed by atoms with E-state index in [0.717, 1.165) is 0 Å². The molecule has 1 amide bonds. The Bertz CT molecular complexity index is 292. The van der Waals surface area contributed by atoms with Crippen LogP contribution in [-0.2, 0) is 0 Å². The van der Waals surface area contributed by atoms with Crippen LogP contribution in [0.5, 0.6) is 0 Å². The van der Waals surface area contributed by atoms with E-state index in [1.54, 1.807) is 6.92 Å². The molecule has 0 aliphatic carbocycles. The lowest BCUT2D eigenvalue weighted by molar-refractivity contribution is 0.0842. The second-order valence-electron chi connectivity index (χ2n) is 3.38. The lowest BCUT2D eigenvalue weighted by Crippen LogP contribution is -2.48. The maximum Gasteiger partial charge on any atom is 0.273 e. The summed E-state index contributed by atoms with van der Waals surface area (Å²) in [5.41, 5.74) is -0.381. The summed E-state index contributed by atoms with van der Waals surface area (Å²) in [5, 5.41) is 21.3. The predicted molar refractivity (Wildman–Crippen MR) is 49.6 cm³/mol. The quantitative estimate of drug-likeness (QED) is 0.619. The summed E-state index contributed by atoms with van der Waals surface area (Å²) in [6.07, 6.45) is 1.98. The Morgan fingerprint density at radius 3 is 2.93 bits per heavy atom. The van der Waals surface area contributed by atoms with Gasteiger partial charge in [0.05, 0.1) is 18.3 Å². The van der Waals surface area contributed by atoms with Gasteiger partial charge in [-0.2, -0.15) is 15.4 Å². The largest absolute Gasteiger partial charge is 0.394 e. The number of carbonyl (C=O) groups is 1. The third kappa shape index (κ3) is 2.29. The first kappa shape index (κ1) is 10.6. The van der Waals surface area contributed by atoms with Crippen LogP contribution >= 0.6 is 0 Å². The molecule has 0 aliphatic heterocycles. The van der Waals surface area contributed by atoms with E-state index in [9.17, 15) is 4.79 Å². The highest BCUT2D eigenvalue weighted by Crippen LogP contribution is 2.08. The van der Waals surface area contributed by atoms with Crippen LogP contribution in [0, 0.1) is 0 Å². The highest BCUT2D eigenvalue weighted by molar-refractivity contribution is 5.92. The van der Waals surface area contributed by atoms with Gasteiger partial charge in [-0.25, -0.2) is 0 Å². The summed E-state index contributed by atoms with van der Waals surface area (Å²) in [7, 11) is 0. The normalized spacial score (nSPS) is 14.8. The first-order chi connectivity index (χ1) is 6.61. The van der Waals surface area contributed by atoms with Gasteiger partial charge in [-0.05, 0) is 13.3 Å². The van der Waals surface area contributed by atoms with Crippen molar-refractivity contribution in [2.75, 3.05) is 6.61 Å². The van der Waals surface area contributed by atoms with Gasteiger partial charge >= 0.3 is 0 Å². The average molecular weight is 198 g/mol. The summed E-state index contributed by atoms with van der Waals surface area (Å²) in [4.78, 5) is 11.5. The smallest absolute Gasteiger partial charge is 0.273 e. The lowest BCUT2D eigenvalue weighted by Gasteiger charge is -2.26. The molecule has 1 unspecified atom stereocenters. The molecule has 0 fully saturated rings. The van der Waals surface area contributed by atoms with Crippen LogP contribution in [0.4, 0.5) is 0 Å². The van der Waals surface area contributed by atoms with Gasteiger partial charge in [0.1, 0.15) is 0 Å². The van der Waals surface area contributed by atoms with Crippen molar-refractivity contribution in [1.82, 2.24) is 20.7 Å². The first-order valence-corrected chi connectivity index (χ1v) is 4.40. The van der Waals surface area contributed by atoms with Crippen molar-refractivity contribution in [3.8, 4) is 0 Å². The van der Waals surface area contributed by atoms with Crippen LogP contribution in [0.15, 0.2) is 6.20 Å². The van der Waals surface area contributed by atoms with Gasteiger partial charge in [0.15, 0.2) is 5.69 Å². The van der Waals surface area contributed by atoms with Crippen LogP contribution < -0.4 is 5.32 Å². The number of H-pyrrole nitrogens is 1. The Balaban J connectivity index is 2.65. The van der Waals surface area contributed by atoms with Crippen LogP contribution in [0.25, 0.3) is 0 Å². The summed E-state index contributed by atoms with van der Waals surface area (Å²) >= 11 is 0. The molecule has 0 radical (unpaired) electrons. The molecule has 0 saturated carbocycles. The number of aromatic amines is 1. The van der Waals surface area contributed by atoms with Gasteiger partial charge in [-0.3, -0.25) is 4.79 Å². The van der Waals surface area contributed by atoms with Gasteiger partial charge in [0.25, 0.3) is 5.91 Å². The van der Waals surface area contributed by atoms with Crippen molar-refractivity contribution in [2.45, 2.75) is 25.8 Å². The summed E-state index contributed by atoms with van der Waals surface area (Å²) < 4.78 is 0. The summed E-state index contributed by atoms with van der Waals surface area (Å²) in [5.74, 6) is -0.336. The van der Waals surface area contributed by atoms with E-state index >= 15 is 0 Å². The molecule has 1 heterocycles. The SMILES string of the molecule is CCC(C)(CO)NC(=O)c1cn[nH]n1. The fourth-order valence-corrected chi connectivity index (χ4v) is 0.889. The van der Waals surface area contributed by atoms with Gasteiger partial charge in [0.2, 0.25) is 0 Å². The standard InChI is InChI=1S/C8H14N4O2/c1-3-8(2,5-13)10-7(14)6-4-9-12-11-6/h4,13H,3,5H2,1-2H3,(H,10,14)(H,9,11,12). The minimum atomic E-state index is -0.601. The van der Waals surface area contributed by atoms with Gasteiger partial charge < -0.3 is 10.4 Å². The van der Waals surface area contributed by atoms with E-state index in [4.69, 9.17) is 5.11 Å². The molecule has 0 spiro atoms. The number of aliphatic hydroxyl groups excluding tert-OH is 1. The number of nitrogens with zero attached hydrogens (tertiary/aromatic N) is 2. The third-order valence-electron chi connectivity index (χ3n) is 2.19. The van der Waals surface area contributed by atoms with Gasteiger partial charge in [0, 0.05) is 0 Å². The summed E-state index contributed by atoms with van der Waals surface area (Å²) in [6.45, 7) is 3.55. The molecule has 1 aromatic rings. The molecule has 3 N–H and O–H groups in total. The van der Waals surface area contributed by atoms with E-state index in [2.05, 4.69) is 20.7 Å². The van der Waals surface area contributed by atoms with Gasteiger partial charge in [-0.1, -0.05) is 6.92 Å². The zero-order chi connectivity index (χ0) is 10.6. The van der Waals surface area contributed by atoms with Crippen molar-refractivity contribution in [3.63, 3.8) is 0 Å². The number of nitrogens with one attached hydrogen (secondary N) is 2. The minimum absolute atomic E-state index is 0.104. The van der Waals surface area contributed by atoms with E-state index < -0.39 is 5.54 Å². The van der Waals surface area contributed by atoms with Crippen LogP contribution in [0.3, 0.4) is 0 Å². The topological polar surface area (TPSA) is 90.9 Å². The summed E-state index contributed by atoms with van der Waals surface area (Å²) in [6, 6.07) is 0. The monoisotopic (exact) mass is 198 g/mol. The lowest BCUT2D eigenvalue weighted by atomic mass is 10.0. The highest BCUT2D eigenvalue weighted by Gasteiger charge is 2.24. The molecule has 1 atom stereocenters. The van der Waals surface area contributed by atoms with Crippen molar-refractivity contribution in [3.05, 3.63) is 11.9 Å². The van der Waals surface area contributed by atoms with Crippen molar-refractivity contribution < 1.29 is 9.90 Å². The molecule has 6 nitrogen and oxygen atoms in total. The van der Waals surface area contributed by atoms with E-state index in [-0.39, 0.29) is 18.2 Å². The molecule has 0 saturated heterocycles. The number of hydrogen-bond acceptors (Lipinski definition) is 4. The maximum absolute atomic E-state index is 11.5. The van der Waals surface area contributed by atoms with Crippen molar-refractivity contribution in [2.24, 2.45) is 0 Å². The second-order valence-corrected chi connectivity index (χ2v) is 3.38. The van der Waals surface area contributed by atoms with E-state index in [0.29, 0.717) is 6.42 Å². The molecule has 0 aromatic carbocycles. The van der Waals surface area contributed by atoms with E-state index in [1.807, 2.05) is 6.92 Å². The Morgan fingerprint density at radius 2 is 2.50 bits per heavy atom. The predicted octanol–water partition coefficient (Wildman–Crippen LogP) is -0.305. The molecule has 0 bridgehead atoms. The zero-order valence-electron chi connectivity index (χ0n) is 8.24. The minimum Gasteiger partial charge on any atom is -0.394 e. The van der Waals surface area contributed by atoms with Crippen LogP contribution in [0.1, 0.15) is 30.8 Å². The number of rotatable bonds is 4. The van der Waals surface area contributed by atoms with Gasteiger partial charge in [-0.15, -0.1) is 0 Å². The number of aliphatic hydroxyl groups is 1. The molecule has 78 valence electrons. The maximum atomic E-state index is 11.5. The number of carbonyl (C=O) groups excluding carboxylic acids is 1. The van der Waals surface area contributed by atoms with Crippen LogP contribution in [0.2, 0.25) is 0 Å². The molecular weight excluding hydrogens is 184 g/mol. The first-order valence-electron chi connectivity index (χ1n) is 4.40. The number of aromatic nitrogens is 3. The Hall–Kier alpha value is -1.43. The number of hydrogen-bond donors (Lipinski definition) is 3. The van der Waals surface area contributed by atoms with Crippen molar-refractivity contribution >= 4 is 5.91 Å². The van der Waals surface area contributed by atoms with Crippen LogP contribution in [-0.4, -0.2) is 38.6 Å². The molecule has 14 heavy (non-hydrogen) atoms. The van der Waals surface area contributed by atoms with Crippen molar-refractivity contribution in [1.29, 1.82) is 0 Å². The molecule has 1 aromatic heterocycles. The second kappa shape index (κ2) is 4.19. The third-order valence-corrected chi connectivity index (χ3v) is 2.19. The molecular formula is C8H14N4O2. The molecule has 1 rings (SSSR count). The van der Waals surface area contributed by atoms with E-state index in [1.165, 1.54) is 6.20 Å². The number of amides is 1. The Labute approximate surface area is 81.7 Å². The molecule has 6 heteroatoms.